The minimum atomic E-state index is -0.270. The molecule has 0 aliphatic carbocycles. The van der Waals surface area contributed by atoms with Gasteiger partial charge in [-0.15, -0.1) is 0 Å². The van der Waals surface area contributed by atoms with Gasteiger partial charge in [-0.1, -0.05) is 12.1 Å². The molecule has 0 atom stereocenters. The fourth-order valence-corrected chi connectivity index (χ4v) is 2.33. The molecule has 0 spiro atoms. The molecule has 0 aliphatic rings. The molecule has 132 valence electrons. The van der Waals surface area contributed by atoms with Gasteiger partial charge in [0.15, 0.2) is 0 Å². The van der Waals surface area contributed by atoms with E-state index in [1.807, 2.05) is 31.1 Å². The number of amides is 2. The smallest absolute Gasteiger partial charge is 0.254 e. The molecule has 0 fully saturated rings. The Balaban J connectivity index is 2.00. The van der Waals surface area contributed by atoms with Gasteiger partial charge >= 0.3 is 0 Å². The number of hydrogen-bond donors (Lipinski definition) is 1. The highest BCUT2D eigenvalue weighted by Gasteiger charge is 2.16. The molecule has 0 radical (unpaired) electrons. The number of nitrogens with zero attached hydrogens (tertiary/aromatic N) is 2. The second-order valence-corrected chi connectivity index (χ2v) is 5.89. The van der Waals surface area contributed by atoms with Crippen LogP contribution in [-0.2, 0) is 4.79 Å². The normalized spacial score (nSPS) is 10.1. The number of rotatable bonds is 6. The number of likely N-dealkylation sites (N-methyl/N-ethyl adjacent to an activating group) is 1. The van der Waals surface area contributed by atoms with Crippen LogP contribution in [0.1, 0.15) is 10.4 Å². The van der Waals surface area contributed by atoms with E-state index in [0.717, 1.165) is 5.69 Å². The number of benzene rings is 2. The Bertz CT molecular complexity index is 759. The van der Waals surface area contributed by atoms with Gasteiger partial charge in [-0.05, 0) is 30.3 Å². The first-order valence-corrected chi connectivity index (χ1v) is 7.87. The second kappa shape index (κ2) is 8.19. The van der Waals surface area contributed by atoms with E-state index in [4.69, 9.17) is 4.74 Å². The van der Waals surface area contributed by atoms with Gasteiger partial charge in [-0.3, -0.25) is 9.59 Å². The van der Waals surface area contributed by atoms with Crippen LogP contribution in [0.3, 0.4) is 0 Å². The van der Waals surface area contributed by atoms with E-state index in [9.17, 15) is 9.59 Å². The number of carbonyl (C=O) groups excluding carboxylic acids is 2. The van der Waals surface area contributed by atoms with Crippen LogP contribution < -0.4 is 15.0 Å². The molecule has 25 heavy (non-hydrogen) atoms. The van der Waals surface area contributed by atoms with Gasteiger partial charge in [0.2, 0.25) is 5.91 Å². The van der Waals surface area contributed by atoms with E-state index >= 15 is 0 Å². The predicted molar refractivity (Wildman–Crippen MR) is 99.4 cm³/mol. The first-order valence-electron chi connectivity index (χ1n) is 7.87. The van der Waals surface area contributed by atoms with Crippen LogP contribution in [0.2, 0.25) is 0 Å². The van der Waals surface area contributed by atoms with Crippen LogP contribution in [0.5, 0.6) is 5.75 Å². The molecule has 0 saturated carbocycles. The lowest BCUT2D eigenvalue weighted by Gasteiger charge is -2.18. The molecule has 0 heterocycles. The number of hydrogen-bond acceptors (Lipinski definition) is 4. The molecule has 0 unspecified atom stereocenters. The lowest BCUT2D eigenvalue weighted by molar-refractivity contribution is -0.116. The summed E-state index contributed by atoms with van der Waals surface area (Å²) >= 11 is 0. The number of methoxy groups -OCH3 is 1. The molecule has 2 aromatic rings. The summed E-state index contributed by atoms with van der Waals surface area (Å²) in [5.74, 6) is 0.181. The second-order valence-electron chi connectivity index (χ2n) is 5.89. The molecule has 0 saturated heterocycles. The topological polar surface area (TPSA) is 61.9 Å². The van der Waals surface area contributed by atoms with Crippen molar-refractivity contribution < 1.29 is 14.3 Å². The summed E-state index contributed by atoms with van der Waals surface area (Å²) < 4.78 is 5.12. The Kier molecular flexibility index (Phi) is 6.00. The van der Waals surface area contributed by atoms with E-state index in [1.54, 1.807) is 50.6 Å². The van der Waals surface area contributed by atoms with Crippen molar-refractivity contribution in [3.63, 3.8) is 0 Å². The molecule has 2 rings (SSSR count). The van der Waals surface area contributed by atoms with E-state index in [1.165, 1.54) is 4.90 Å². The van der Waals surface area contributed by atoms with E-state index < -0.39 is 0 Å². The molecular weight excluding hydrogens is 318 g/mol. The van der Waals surface area contributed by atoms with Crippen molar-refractivity contribution in [2.24, 2.45) is 0 Å². The van der Waals surface area contributed by atoms with Gasteiger partial charge in [0, 0.05) is 44.1 Å². The third-order valence-corrected chi connectivity index (χ3v) is 3.69. The largest absolute Gasteiger partial charge is 0.497 e. The minimum Gasteiger partial charge on any atom is -0.497 e. The average Bonchev–Trinajstić information content (AvgIpc) is 2.61. The number of carbonyl (C=O) groups is 2. The number of nitrogens with one attached hydrogen (secondary N) is 1. The zero-order valence-electron chi connectivity index (χ0n) is 14.9. The summed E-state index contributed by atoms with van der Waals surface area (Å²) in [6.07, 6.45) is 0. The highest BCUT2D eigenvalue weighted by Crippen LogP contribution is 2.17. The molecule has 6 heteroatoms. The summed E-state index contributed by atoms with van der Waals surface area (Å²) in [6, 6.07) is 14.4. The first-order chi connectivity index (χ1) is 11.9. The van der Waals surface area contributed by atoms with Crippen molar-refractivity contribution in [3.05, 3.63) is 54.1 Å². The van der Waals surface area contributed by atoms with Crippen LogP contribution >= 0.6 is 0 Å². The number of anilines is 2. The lowest BCUT2D eigenvalue weighted by atomic mass is 10.1. The van der Waals surface area contributed by atoms with Crippen molar-refractivity contribution in [1.82, 2.24) is 4.90 Å². The molecule has 2 aromatic carbocycles. The minimum absolute atomic E-state index is 0.0394. The predicted octanol–water partition coefficient (Wildman–Crippen LogP) is 2.47. The highest BCUT2D eigenvalue weighted by molar-refractivity contribution is 5.99. The first kappa shape index (κ1) is 18.3. The van der Waals surface area contributed by atoms with Crippen LogP contribution in [-0.4, -0.2) is 51.5 Å². The average molecular weight is 341 g/mol. The van der Waals surface area contributed by atoms with Crippen LogP contribution in [0.25, 0.3) is 0 Å². The Hall–Kier alpha value is -3.02. The maximum absolute atomic E-state index is 12.5. The van der Waals surface area contributed by atoms with Crippen molar-refractivity contribution >= 4 is 23.2 Å². The van der Waals surface area contributed by atoms with Crippen molar-refractivity contribution in [2.45, 2.75) is 0 Å². The van der Waals surface area contributed by atoms with Gasteiger partial charge in [0.05, 0.1) is 13.7 Å². The SMILES string of the molecule is COc1cccc(NC(=O)CN(C)C(=O)c2cccc(N(C)C)c2)c1. The highest BCUT2D eigenvalue weighted by atomic mass is 16.5. The molecule has 0 aromatic heterocycles. The molecular formula is C19H23N3O3. The maximum atomic E-state index is 12.5. The Morgan fingerprint density at radius 1 is 1.04 bits per heavy atom. The van der Waals surface area contributed by atoms with Crippen LogP contribution in [0.4, 0.5) is 11.4 Å². The monoisotopic (exact) mass is 341 g/mol. The van der Waals surface area contributed by atoms with Gasteiger partial charge in [-0.25, -0.2) is 0 Å². The molecule has 0 aliphatic heterocycles. The van der Waals surface area contributed by atoms with E-state index in [2.05, 4.69) is 5.32 Å². The Labute approximate surface area is 148 Å². The Morgan fingerprint density at radius 2 is 1.76 bits per heavy atom. The van der Waals surface area contributed by atoms with Crippen LogP contribution in [0.15, 0.2) is 48.5 Å². The fourth-order valence-electron chi connectivity index (χ4n) is 2.33. The lowest BCUT2D eigenvalue weighted by Crippen LogP contribution is -2.35. The summed E-state index contributed by atoms with van der Waals surface area (Å²) in [5.41, 5.74) is 2.10. The standard InChI is InChI=1S/C19H23N3O3/c1-21(2)16-9-5-7-14(11-16)19(24)22(3)13-18(23)20-15-8-6-10-17(12-15)25-4/h5-12H,13H2,1-4H3,(H,20,23). The molecule has 2 amide bonds. The van der Waals surface area contributed by atoms with Gasteiger partial charge in [-0.2, -0.15) is 0 Å². The van der Waals surface area contributed by atoms with Crippen molar-refractivity contribution in [2.75, 3.05) is 45.0 Å². The zero-order valence-corrected chi connectivity index (χ0v) is 14.9. The van der Waals surface area contributed by atoms with E-state index in [0.29, 0.717) is 17.0 Å². The van der Waals surface area contributed by atoms with Crippen molar-refractivity contribution in [1.29, 1.82) is 0 Å². The third-order valence-electron chi connectivity index (χ3n) is 3.69. The fraction of sp³-hybridized carbons (Fsp3) is 0.263. The zero-order chi connectivity index (χ0) is 18.4. The third kappa shape index (κ3) is 4.97. The molecule has 1 N–H and O–H groups in total. The van der Waals surface area contributed by atoms with Crippen molar-refractivity contribution in [3.8, 4) is 5.75 Å². The van der Waals surface area contributed by atoms with Gasteiger partial charge in [0.25, 0.3) is 5.91 Å². The summed E-state index contributed by atoms with van der Waals surface area (Å²) in [6.45, 7) is -0.0394. The van der Waals surface area contributed by atoms with Gasteiger partial charge < -0.3 is 19.9 Å². The Morgan fingerprint density at radius 3 is 2.44 bits per heavy atom. The van der Waals surface area contributed by atoms with E-state index in [-0.39, 0.29) is 18.4 Å². The van der Waals surface area contributed by atoms with Gasteiger partial charge in [0.1, 0.15) is 5.75 Å². The quantitative estimate of drug-likeness (QED) is 0.877. The molecule has 6 nitrogen and oxygen atoms in total. The summed E-state index contributed by atoms with van der Waals surface area (Å²) in [4.78, 5) is 28.0. The molecule has 0 bridgehead atoms. The maximum Gasteiger partial charge on any atom is 0.254 e. The number of ether oxygens (including phenoxy) is 1. The summed E-state index contributed by atoms with van der Waals surface area (Å²) in [5, 5.41) is 2.76. The van der Waals surface area contributed by atoms with Crippen LogP contribution in [0, 0.1) is 0 Å². The summed E-state index contributed by atoms with van der Waals surface area (Å²) in [7, 11) is 6.99.